The van der Waals surface area contributed by atoms with E-state index in [2.05, 4.69) is 15.3 Å². The predicted molar refractivity (Wildman–Crippen MR) is 98.2 cm³/mol. The first-order valence-corrected chi connectivity index (χ1v) is 8.90. The molecule has 0 saturated heterocycles. The number of hydrogen-bond donors (Lipinski definition) is 1. The standard InChI is InChI=1S/C20H25N3O2/c1-14-22-18(15-8-4-3-5-9-15)12-19(23-14)21-13-16-10-6-7-11-17(16)20(24)25-2/h3-5,8-9,12,16-17H,6-7,10-11,13H2,1-2H3,(H,21,22,23). The normalized spacial score (nSPS) is 20.1. The van der Waals surface area contributed by atoms with Gasteiger partial charge in [-0.05, 0) is 25.7 Å². The number of benzene rings is 1. The smallest absolute Gasteiger partial charge is 0.309 e. The van der Waals surface area contributed by atoms with Gasteiger partial charge >= 0.3 is 5.97 Å². The molecule has 1 aliphatic carbocycles. The number of esters is 1. The van der Waals surface area contributed by atoms with Crippen molar-refractivity contribution in [3.63, 3.8) is 0 Å². The summed E-state index contributed by atoms with van der Waals surface area (Å²) in [4.78, 5) is 21.0. The van der Waals surface area contributed by atoms with Crippen LogP contribution in [0.2, 0.25) is 0 Å². The van der Waals surface area contributed by atoms with Crippen LogP contribution in [0.25, 0.3) is 11.3 Å². The lowest BCUT2D eigenvalue weighted by Crippen LogP contribution is -2.32. The van der Waals surface area contributed by atoms with Gasteiger partial charge < -0.3 is 10.1 Å². The van der Waals surface area contributed by atoms with Gasteiger partial charge in [-0.25, -0.2) is 9.97 Å². The van der Waals surface area contributed by atoms with E-state index in [1.807, 2.05) is 43.3 Å². The first kappa shape index (κ1) is 17.4. The van der Waals surface area contributed by atoms with E-state index in [1.54, 1.807) is 0 Å². The molecule has 5 nitrogen and oxygen atoms in total. The van der Waals surface area contributed by atoms with Crippen molar-refractivity contribution in [3.8, 4) is 11.3 Å². The van der Waals surface area contributed by atoms with Gasteiger partial charge in [0.15, 0.2) is 0 Å². The van der Waals surface area contributed by atoms with Crippen LogP contribution >= 0.6 is 0 Å². The minimum absolute atomic E-state index is 0.0113. The molecular weight excluding hydrogens is 314 g/mol. The van der Waals surface area contributed by atoms with Crippen LogP contribution in [0.3, 0.4) is 0 Å². The molecule has 2 atom stereocenters. The summed E-state index contributed by atoms with van der Waals surface area (Å²) in [6, 6.07) is 12.1. The van der Waals surface area contributed by atoms with Crippen LogP contribution in [0.15, 0.2) is 36.4 Å². The maximum absolute atomic E-state index is 12.0. The number of aromatic nitrogens is 2. The summed E-state index contributed by atoms with van der Waals surface area (Å²) >= 11 is 0. The highest BCUT2D eigenvalue weighted by Gasteiger charge is 2.31. The molecule has 3 rings (SSSR count). The molecule has 1 N–H and O–H groups in total. The van der Waals surface area contributed by atoms with E-state index in [9.17, 15) is 4.79 Å². The van der Waals surface area contributed by atoms with Crippen molar-refractivity contribution in [1.82, 2.24) is 9.97 Å². The Bertz CT molecular complexity index is 718. The molecule has 2 aromatic rings. The summed E-state index contributed by atoms with van der Waals surface area (Å²) in [6.45, 7) is 2.62. The number of hydrogen-bond acceptors (Lipinski definition) is 5. The second-order valence-corrected chi connectivity index (χ2v) is 6.61. The molecule has 1 aromatic heterocycles. The number of methoxy groups -OCH3 is 1. The predicted octanol–water partition coefficient (Wildman–Crippen LogP) is 3.84. The average Bonchev–Trinajstić information content (AvgIpc) is 2.66. The maximum atomic E-state index is 12.0. The van der Waals surface area contributed by atoms with Crippen molar-refractivity contribution in [2.75, 3.05) is 19.0 Å². The van der Waals surface area contributed by atoms with E-state index in [1.165, 1.54) is 7.11 Å². The first-order chi connectivity index (χ1) is 12.2. The number of aryl methyl sites for hydroxylation is 1. The molecule has 25 heavy (non-hydrogen) atoms. The van der Waals surface area contributed by atoms with Crippen molar-refractivity contribution in [3.05, 3.63) is 42.2 Å². The molecule has 0 spiro atoms. The van der Waals surface area contributed by atoms with Gasteiger partial charge in [-0.2, -0.15) is 0 Å². The SMILES string of the molecule is COC(=O)C1CCCCC1CNc1cc(-c2ccccc2)nc(C)n1. The van der Waals surface area contributed by atoms with Gasteiger partial charge in [-0.15, -0.1) is 0 Å². The molecule has 1 saturated carbocycles. The van der Waals surface area contributed by atoms with Crippen LogP contribution in [0.1, 0.15) is 31.5 Å². The van der Waals surface area contributed by atoms with Crippen LogP contribution in [-0.2, 0) is 9.53 Å². The summed E-state index contributed by atoms with van der Waals surface area (Å²) in [7, 11) is 1.47. The fourth-order valence-corrected chi connectivity index (χ4v) is 3.56. The minimum atomic E-state index is -0.0876. The highest BCUT2D eigenvalue weighted by molar-refractivity contribution is 5.72. The van der Waals surface area contributed by atoms with Gasteiger partial charge in [0.05, 0.1) is 18.7 Å². The van der Waals surface area contributed by atoms with Gasteiger partial charge in [-0.1, -0.05) is 43.2 Å². The maximum Gasteiger partial charge on any atom is 0.309 e. The first-order valence-electron chi connectivity index (χ1n) is 8.90. The molecule has 1 fully saturated rings. The molecule has 0 bridgehead atoms. The van der Waals surface area contributed by atoms with E-state index in [-0.39, 0.29) is 17.8 Å². The van der Waals surface area contributed by atoms with Crippen LogP contribution < -0.4 is 5.32 Å². The third kappa shape index (κ3) is 4.35. The summed E-state index contributed by atoms with van der Waals surface area (Å²) in [5.41, 5.74) is 1.98. The van der Waals surface area contributed by atoms with Crippen molar-refractivity contribution in [2.45, 2.75) is 32.6 Å². The third-order valence-corrected chi connectivity index (χ3v) is 4.87. The van der Waals surface area contributed by atoms with Gasteiger partial charge in [0.2, 0.25) is 0 Å². The molecule has 1 aromatic carbocycles. The number of anilines is 1. The molecule has 0 amide bonds. The van der Waals surface area contributed by atoms with Gasteiger partial charge in [0, 0.05) is 18.2 Å². The topological polar surface area (TPSA) is 64.1 Å². The molecule has 1 heterocycles. The van der Waals surface area contributed by atoms with Crippen LogP contribution in [0.5, 0.6) is 0 Å². The fraction of sp³-hybridized carbons (Fsp3) is 0.450. The lowest BCUT2D eigenvalue weighted by molar-refractivity contribution is -0.148. The molecule has 132 valence electrons. The van der Waals surface area contributed by atoms with Crippen LogP contribution in [0, 0.1) is 18.8 Å². The Morgan fingerprint density at radius 1 is 1.20 bits per heavy atom. The Labute approximate surface area is 148 Å². The van der Waals surface area contributed by atoms with Crippen molar-refractivity contribution in [1.29, 1.82) is 0 Å². The van der Waals surface area contributed by atoms with E-state index < -0.39 is 0 Å². The zero-order valence-corrected chi connectivity index (χ0v) is 14.9. The molecule has 0 radical (unpaired) electrons. The largest absolute Gasteiger partial charge is 0.469 e. The quantitative estimate of drug-likeness (QED) is 0.839. The highest BCUT2D eigenvalue weighted by atomic mass is 16.5. The summed E-state index contributed by atoms with van der Waals surface area (Å²) in [5.74, 6) is 1.73. The van der Waals surface area contributed by atoms with Crippen LogP contribution in [0.4, 0.5) is 5.82 Å². The van der Waals surface area contributed by atoms with Gasteiger partial charge in [0.25, 0.3) is 0 Å². The summed E-state index contributed by atoms with van der Waals surface area (Å²) < 4.78 is 4.98. The minimum Gasteiger partial charge on any atom is -0.469 e. The molecule has 1 aliphatic rings. The zero-order valence-electron chi connectivity index (χ0n) is 14.9. The molecule has 2 unspecified atom stereocenters. The van der Waals surface area contributed by atoms with Crippen molar-refractivity contribution < 1.29 is 9.53 Å². The molecule has 0 aliphatic heterocycles. The fourth-order valence-electron chi connectivity index (χ4n) is 3.56. The summed E-state index contributed by atoms with van der Waals surface area (Å²) in [5, 5.41) is 3.42. The molecule has 5 heteroatoms. The number of nitrogens with one attached hydrogen (secondary N) is 1. The molecular formula is C20H25N3O2. The Balaban J connectivity index is 1.72. The summed E-state index contributed by atoms with van der Waals surface area (Å²) in [6.07, 6.45) is 4.22. The van der Waals surface area contributed by atoms with Crippen molar-refractivity contribution >= 4 is 11.8 Å². The number of carbonyl (C=O) groups excluding carboxylic acids is 1. The van der Waals surface area contributed by atoms with E-state index >= 15 is 0 Å². The number of nitrogens with zero attached hydrogens (tertiary/aromatic N) is 2. The monoisotopic (exact) mass is 339 g/mol. The Morgan fingerprint density at radius 2 is 1.96 bits per heavy atom. The van der Waals surface area contributed by atoms with Crippen molar-refractivity contribution in [2.24, 2.45) is 11.8 Å². The zero-order chi connectivity index (χ0) is 17.6. The van der Waals surface area contributed by atoms with E-state index in [0.29, 0.717) is 0 Å². The van der Waals surface area contributed by atoms with Gasteiger partial charge in [0.1, 0.15) is 11.6 Å². The second kappa shape index (κ2) is 8.10. The third-order valence-electron chi connectivity index (χ3n) is 4.87. The van der Waals surface area contributed by atoms with E-state index in [4.69, 9.17) is 4.74 Å². The average molecular weight is 339 g/mol. The highest BCUT2D eigenvalue weighted by Crippen LogP contribution is 2.31. The van der Waals surface area contributed by atoms with Gasteiger partial charge in [-0.3, -0.25) is 4.79 Å². The number of rotatable bonds is 5. The second-order valence-electron chi connectivity index (χ2n) is 6.61. The number of carbonyl (C=O) groups is 1. The van der Waals surface area contributed by atoms with Crippen LogP contribution in [-0.4, -0.2) is 29.6 Å². The lowest BCUT2D eigenvalue weighted by atomic mass is 9.79. The lowest BCUT2D eigenvalue weighted by Gasteiger charge is -2.29. The Hall–Kier alpha value is -2.43. The van der Waals surface area contributed by atoms with E-state index in [0.717, 1.165) is 55.1 Å². The number of ether oxygens (including phenoxy) is 1. The Kier molecular flexibility index (Phi) is 5.64. The Morgan fingerprint density at radius 3 is 2.72 bits per heavy atom.